The third kappa shape index (κ3) is 4.83. The molecule has 1 saturated carbocycles. The SMILES string of the molecule is Cc1nc(SCC(=O)NCc2ccc(Cl)cc2)n(C2CCCCC2)c1C. The van der Waals surface area contributed by atoms with Gasteiger partial charge in [-0.25, -0.2) is 4.98 Å². The Labute approximate surface area is 164 Å². The van der Waals surface area contributed by atoms with Crippen molar-refractivity contribution in [1.29, 1.82) is 0 Å². The molecule has 0 spiro atoms. The van der Waals surface area contributed by atoms with Gasteiger partial charge >= 0.3 is 0 Å². The second-order valence-electron chi connectivity index (χ2n) is 6.92. The average Bonchev–Trinajstić information content (AvgIpc) is 2.94. The van der Waals surface area contributed by atoms with Crippen LogP contribution in [0.4, 0.5) is 0 Å². The summed E-state index contributed by atoms with van der Waals surface area (Å²) in [4.78, 5) is 17.0. The van der Waals surface area contributed by atoms with Crippen molar-refractivity contribution in [3.05, 3.63) is 46.2 Å². The molecule has 1 N–H and O–H groups in total. The molecule has 1 aromatic carbocycles. The molecule has 0 radical (unpaired) electrons. The highest BCUT2D eigenvalue weighted by Gasteiger charge is 2.22. The number of aromatic nitrogens is 2. The number of carbonyl (C=O) groups is 1. The molecule has 1 heterocycles. The monoisotopic (exact) mass is 391 g/mol. The van der Waals surface area contributed by atoms with Crippen LogP contribution in [0.2, 0.25) is 5.02 Å². The number of nitrogens with one attached hydrogen (secondary N) is 1. The maximum absolute atomic E-state index is 12.2. The van der Waals surface area contributed by atoms with Crippen molar-refractivity contribution in [3.8, 4) is 0 Å². The molecule has 140 valence electrons. The topological polar surface area (TPSA) is 46.9 Å². The van der Waals surface area contributed by atoms with E-state index >= 15 is 0 Å². The Kier molecular flexibility index (Phi) is 6.65. The third-order valence-electron chi connectivity index (χ3n) is 5.03. The van der Waals surface area contributed by atoms with Crippen molar-refractivity contribution in [2.45, 2.75) is 63.7 Å². The number of thioether (sulfide) groups is 1. The standard InChI is InChI=1S/C20H26ClN3OS/c1-14-15(2)24(18-6-4-3-5-7-18)20(23-14)26-13-19(25)22-12-16-8-10-17(21)11-9-16/h8-11,18H,3-7,12-13H2,1-2H3,(H,22,25). The van der Waals surface area contributed by atoms with Gasteiger partial charge in [0, 0.05) is 23.3 Å². The lowest BCUT2D eigenvalue weighted by atomic mass is 9.95. The van der Waals surface area contributed by atoms with E-state index in [2.05, 4.69) is 23.7 Å². The van der Waals surface area contributed by atoms with E-state index in [9.17, 15) is 4.79 Å². The van der Waals surface area contributed by atoms with Gasteiger partial charge in [0.15, 0.2) is 5.16 Å². The number of carbonyl (C=O) groups excluding carboxylic acids is 1. The van der Waals surface area contributed by atoms with Crippen molar-refractivity contribution >= 4 is 29.3 Å². The molecule has 3 rings (SSSR count). The van der Waals surface area contributed by atoms with Gasteiger partial charge in [-0.2, -0.15) is 0 Å². The lowest BCUT2D eigenvalue weighted by Crippen LogP contribution is -2.25. The summed E-state index contributed by atoms with van der Waals surface area (Å²) in [5.41, 5.74) is 3.35. The molecule has 0 unspecified atom stereocenters. The van der Waals surface area contributed by atoms with E-state index in [1.54, 1.807) is 11.8 Å². The van der Waals surface area contributed by atoms with Gasteiger partial charge in [-0.3, -0.25) is 4.79 Å². The predicted molar refractivity (Wildman–Crippen MR) is 108 cm³/mol. The van der Waals surface area contributed by atoms with Gasteiger partial charge in [0.1, 0.15) is 0 Å². The minimum Gasteiger partial charge on any atom is -0.351 e. The Morgan fingerprint density at radius 3 is 2.62 bits per heavy atom. The number of amides is 1. The quantitative estimate of drug-likeness (QED) is 0.699. The maximum atomic E-state index is 12.2. The van der Waals surface area contributed by atoms with Crippen molar-refractivity contribution in [3.63, 3.8) is 0 Å². The van der Waals surface area contributed by atoms with Crippen LogP contribution in [0, 0.1) is 13.8 Å². The smallest absolute Gasteiger partial charge is 0.230 e. The number of nitrogens with zero attached hydrogens (tertiary/aromatic N) is 2. The zero-order valence-corrected chi connectivity index (χ0v) is 17.0. The zero-order chi connectivity index (χ0) is 18.5. The first-order chi connectivity index (χ1) is 12.5. The normalized spacial score (nSPS) is 15.2. The summed E-state index contributed by atoms with van der Waals surface area (Å²) in [5.74, 6) is 0.411. The second kappa shape index (κ2) is 8.96. The van der Waals surface area contributed by atoms with Gasteiger partial charge in [0.2, 0.25) is 5.91 Å². The second-order valence-corrected chi connectivity index (χ2v) is 8.30. The Hall–Kier alpha value is -1.46. The van der Waals surface area contributed by atoms with Crippen LogP contribution in [-0.4, -0.2) is 21.2 Å². The van der Waals surface area contributed by atoms with Crippen LogP contribution in [0.15, 0.2) is 29.4 Å². The van der Waals surface area contributed by atoms with Crippen LogP contribution in [0.1, 0.15) is 55.1 Å². The number of hydrogen-bond donors (Lipinski definition) is 1. The molecule has 1 amide bonds. The number of imidazole rings is 1. The molecule has 26 heavy (non-hydrogen) atoms. The van der Waals surface area contributed by atoms with Gasteiger partial charge in [-0.1, -0.05) is 54.8 Å². The van der Waals surface area contributed by atoms with E-state index < -0.39 is 0 Å². The summed E-state index contributed by atoms with van der Waals surface area (Å²) in [6.45, 7) is 4.71. The van der Waals surface area contributed by atoms with E-state index in [-0.39, 0.29) is 5.91 Å². The van der Waals surface area contributed by atoms with E-state index in [0.29, 0.717) is 23.4 Å². The molecule has 1 aromatic heterocycles. The summed E-state index contributed by atoms with van der Waals surface area (Å²) < 4.78 is 2.37. The molecule has 0 bridgehead atoms. The fourth-order valence-electron chi connectivity index (χ4n) is 3.45. The summed E-state index contributed by atoms with van der Waals surface area (Å²) in [7, 11) is 0. The van der Waals surface area contributed by atoms with E-state index in [0.717, 1.165) is 16.4 Å². The average molecular weight is 392 g/mol. The van der Waals surface area contributed by atoms with Crippen LogP contribution in [0.3, 0.4) is 0 Å². The van der Waals surface area contributed by atoms with Gasteiger partial charge < -0.3 is 9.88 Å². The number of halogens is 1. The molecule has 0 aliphatic heterocycles. The first-order valence-electron chi connectivity index (χ1n) is 9.24. The zero-order valence-electron chi connectivity index (χ0n) is 15.4. The van der Waals surface area contributed by atoms with Gasteiger partial charge in [-0.15, -0.1) is 0 Å². The van der Waals surface area contributed by atoms with Crippen LogP contribution in [0.25, 0.3) is 0 Å². The highest BCUT2D eigenvalue weighted by Crippen LogP contribution is 2.34. The molecule has 2 aromatic rings. The van der Waals surface area contributed by atoms with Crippen LogP contribution < -0.4 is 5.32 Å². The summed E-state index contributed by atoms with van der Waals surface area (Å²) in [6.07, 6.45) is 6.33. The van der Waals surface area contributed by atoms with Crippen LogP contribution >= 0.6 is 23.4 Å². The molecule has 6 heteroatoms. The van der Waals surface area contributed by atoms with Crippen molar-refractivity contribution in [1.82, 2.24) is 14.9 Å². The molecular weight excluding hydrogens is 366 g/mol. The summed E-state index contributed by atoms with van der Waals surface area (Å²) >= 11 is 7.43. The lowest BCUT2D eigenvalue weighted by Gasteiger charge is -2.26. The Morgan fingerprint density at radius 2 is 1.92 bits per heavy atom. The van der Waals surface area contributed by atoms with E-state index in [1.807, 2.05) is 24.3 Å². The number of benzene rings is 1. The van der Waals surface area contributed by atoms with Crippen molar-refractivity contribution in [2.75, 3.05) is 5.75 Å². The Morgan fingerprint density at radius 1 is 1.23 bits per heavy atom. The summed E-state index contributed by atoms with van der Waals surface area (Å²) in [6, 6.07) is 8.06. The Balaban J connectivity index is 1.57. The molecule has 1 aliphatic rings. The van der Waals surface area contributed by atoms with Crippen LogP contribution in [-0.2, 0) is 11.3 Å². The lowest BCUT2D eigenvalue weighted by molar-refractivity contribution is -0.118. The molecule has 1 fully saturated rings. The van der Waals surface area contributed by atoms with Crippen molar-refractivity contribution in [2.24, 2.45) is 0 Å². The fraction of sp³-hybridized carbons (Fsp3) is 0.500. The van der Waals surface area contributed by atoms with Gasteiger partial charge in [0.25, 0.3) is 0 Å². The molecular formula is C20H26ClN3OS. The van der Waals surface area contributed by atoms with Crippen molar-refractivity contribution < 1.29 is 4.79 Å². The van der Waals surface area contributed by atoms with Crippen LogP contribution in [0.5, 0.6) is 0 Å². The third-order valence-corrected chi connectivity index (χ3v) is 6.23. The highest BCUT2D eigenvalue weighted by atomic mass is 35.5. The first-order valence-corrected chi connectivity index (χ1v) is 10.6. The Bertz CT molecular complexity index is 751. The number of rotatable bonds is 6. The largest absolute Gasteiger partial charge is 0.351 e. The predicted octanol–water partition coefficient (Wildman–Crippen LogP) is 5.07. The highest BCUT2D eigenvalue weighted by molar-refractivity contribution is 7.99. The molecule has 4 nitrogen and oxygen atoms in total. The van der Waals surface area contributed by atoms with Gasteiger partial charge in [-0.05, 0) is 44.4 Å². The number of aryl methyl sites for hydroxylation is 1. The first kappa shape index (κ1) is 19.3. The fourth-order valence-corrected chi connectivity index (χ4v) is 4.57. The number of hydrogen-bond acceptors (Lipinski definition) is 3. The molecule has 0 atom stereocenters. The van der Waals surface area contributed by atoms with E-state index in [4.69, 9.17) is 16.6 Å². The minimum absolute atomic E-state index is 0.0263. The molecule has 1 aliphatic carbocycles. The summed E-state index contributed by atoms with van der Waals surface area (Å²) in [5, 5.41) is 4.65. The van der Waals surface area contributed by atoms with Gasteiger partial charge in [0.05, 0.1) is 11.4 Å². The maximum Gasteiger partial charge on any atom is 0.230 e. The molecule has 0 saturated heterocycles. The minimum atomic E-state index is 0.0263. The van der Waals surface area contributed by atoms with E-state index in [1.165, 1.54) is 37.8 Å².